The molecular formula is C29H34BrN3O4S. The molecule has 3 aromatic rings. The van der Waals surface area contributed by atoms with Crippen molar-refractivity contribution in [2.45, 2.75) is 44.0 Å². The monoisotopic (exact) mass is 599 g/mol. The van der Waals surface area contributed by atoms with E-state index in [4.69, 9.17) is 0 Å². The predicted octanol–water partition coefficient (Wildman–Crippen LogP) is 5.02. The van der Waals surface area contributed by atoms with Gasteiger partial charge in [0.15, 0.2) is 0 Å². The lowest BCUT2D eigenvalue weighted by molar-refractivity contribution is -0.139. The lowest BCUT2D eigenvalue weighted by atomic mass is 10.1. The first-order chi connectivity index (χ1) is 18.3. The van der Waals surface area contributed by atoms with Crippen molar-refractivity contribution < 1.29 is 18.0 Å². The van der Waals surface area contributed by atoms with Crippen LogP contribution in [0.15, 0.2) is 94.3 Å². The lowest BCUT2D eigenvalue weighted by Gasteiger charge is -2.33. The van der Waals surface area contributed by atoms with Crippen LogP contribution in [0.2, 0.25) is 0 Å². The molecule has 0 spiro atoms. The van der Waals surface area contributed by atoms with Crippen molar-refractivity contribution in [3.8, 4) is 0 Å². The van der Waals surface area contributed by atoms with E-state index in [2.05, 4.69) is 21.2 Å². The van der Waals surface area contributed by atoms with Crippen molar-refractivity contribution in [1.29, 1.82) is 0 Å². The van der Waals surface area contributed by atoms with Gasteiger partial charge in [-0.15, -0.1) is 0 Å². The van der Waals surface area contributed by atoms with Crippen molar-refractivity contribution in [2.24, 2.45) is 0 Å². The Hall–Kier alpha value is -3.17. The maximum absolute atomic E-state index is 13.9. The van der Waals surface area contributed by atoms with E-state index in [-0.39, 0.29) is 17.3 Å². The van der Waals surface area contributed by atoms with E-state index >= 15 is 0 Å². The fraction of sp³-hybridized carbons (Fsp3) is 0.310. The Morgan fingerprint density at radius 2 is 1.50 bits per heavy atom. The third kappa shape index (κ3) is 7.68. The van der Waals surface area contributed by atoms with Gasteiger partial charge in [0.2, 0.25) is 11.8 Å². The molecule has 0 saturated heterocycles. The summed E-state index contributed by atoms with van der Waals surface area (Å²) in [6.07, 6.45) is 1.71. The maximum atomic E-state index is 13.9. The first-order valence-electron chi connectivity index (χ1n) is 12.7. The molecule has 0 aliphatic rings. The molecule has 9 heteroatoms. The second-order valence-corrected chi connectivity index (χ2v) is 11.6. The van der Waals surface area contributed by atoms with Crippen LogP contribution < -0.4 is 9.62 Å². The zero-order valence-electron chi connectivity index (χ0n) is 21.7. The van der Waals surface area contributed by atoms with E-state index < -0.39 is 28.5 Å². The average Bonchev–Trinajstić information content (AvgIpc) is 2.94. The first kappa shape index (κ1) is 29.4. The van der Waals surface area contributed by atoms with E-state index in [9.17, 15) is 18.0 Å². The van der Waals surface area contributed by atoms with Gasteiger partial charge in [0.1, 0.15) is 12.6 Å². The van der Waals surface area contributed by atoms with Crippen LogP contribution in [-0.2, 0) is 26.0 Å². The summed E-state index contributed by atoms with van der Waals surface area (Å²) in [4.78, 5) is 28.6. The maximum Gasteiger partial charge on any atom is 0.264 e. The van der Waals surface area contributed by atoms with E-state index in [1.807, 2.05) is 44.2 Å². The minimum atomic E-state index is -4.06. The summed E-state index contributed by atoms with van der Waals surface area (Å²) in [6, 6.07) is 23.8. The fourth-order valence-corrected chi connectivity index (χ4v) is 5.82. The molecule has 0 bridgehead atoms. The van der Waals surface area contributed by atoms with Crippen LogP contribution in [0.25, 0.3) is 0 Å². The molecule has 0 radical (unpaired) electrons. The second kappa shape index (κ2) is 14.1. The number of halogens is 1. The summed E-state index contributed by atoms with van der Waals surface area (Å²) >= 11 is 3.38. The molecule has 0 unspecified atom stereocenters. The smallest absolute Gasteiger partial charge is 0.264 e. The zero-order valence-corrected chi connectivity index (χ0v) is 24.1. The molecule has 0 fully saturated rings. The van der Waals surface area contributed by atoms with Crippen LogP contribution in [0.1, 0.15) is 32.3 Å². The highest BCUT2D eigenvalue weighted by Gasteiger charge is 2.33. The Labute approximate surface area is 234 Å². The van der Waals surface area contributed by atoms with Crippen LogP contribution in [0.5, 0.6) is 0 Å². The molecule has 0 aliphatic heterocycles. The Morgan fingerprint density at radius 1 is 0.895 bits per heavy atom. The van der Waals surface area contributed by atoms with Crippen LogP contribution in [0.4, 0.5) is 5.69 Å². The number of sulfonamides is 1. The molecule has 0 aliphatic carbocycles. The molecule has 1 atom stereocenters. The topological polar surface area (TPSA) is 86.8 Å². The van der Waals surface area contributed by atoms with Gasteiger partial charge >= 0.3 is 0 Å². The third-order valence-electron chi connectivity index (χ3n) is 6.14. The molecule has 1 N–H and O–H groups in total. The van der Waals surface area contributed by atoms with Crippen LogP contribution in [0.3, 0.4) is 0 Å². The van der Waals surface area contributed by atoms with Crippen molar-refractivity contribution >= 4 is 43.5 Å². The quantitative estimate of drug-likeness (QED) is 0.299. The van der Waals surface area contributed by atoms with Crippen molar-refractivity contribution in [2.75, 3.05) is 23.9 Å². The first-order valence-corrected chi connectivity index (χ1v) is 15.0. The second-order valence-electron chi connectivity index (χ2n) is 8.84. The average molecular weight is 601 g/mol. The Bertz CT molecular complexity index is 1290. The number of nitrogens with zero attached hydrogens (tertiary/aromatic N) is 2. The minimum Gasteiger partial charge on any atom is -0.354 e. The predicted molar refractivity (Wildman–Crippen MR) is 154 cm³/mol. The zero-order chi connectivity index (χ0) is 27.5. The van der Waals surface area contributed by atoms with Gasteiger partial charge < -0.3 is 10.2 Å². The molecule has 2 amide bonds. The molecule has 7 nitrogen and oxygen atoms in total. The number of carbonyl (C=O) groups is 2. The number of hydrogen-bond donors (Lipinski definition) is 1. The van der Waals surface area contributed by atoms with Gasteiger partial charge in [-0.25, -0.2) is 8.42 Å². The Kier molecular flexibility index (Phi) is 10.9. The number of carbonyl (C=O) groups excluding carboxylic acids is 2. The SMILES string of the molecule is CCCNC(=O)[C@H](CC)N(CCc1ccccc1)C(=O)CN(c1ccc(Br)cc1)S(=O)(=O)c1ccccc1. The Balaban J connectivity index is 1.97. The van der Waals surface area contributed by atoms with Crippen LogP contribution in [0, 0.1) is 0 Å². The normalized spacial score (nSPS) is 12.0. The molecule has 202 valence electrons. The fourth-order valence-electron chi connectivity index (χ4n) is 4.12. The van der Waals surface area contributed by atoms with Gasteiger partial charge in [-0.05, 0) is 61.2 Å². The number of rotatable bonds is 13. The highest BCUT2D eigenvalue weighted by molar-refractivity contribution is 9.10. The molecular weight excluding hydrogens is 566 g/mol. The van der Waals surface area contributed by atoms with Gasteiger partial charge in [0.25, 0.3) is 10.0 Å². The standard InChI is InChI=1S/C29H34BrN3O4S/c1-3-20-31-29(35)27(4-2)32(21-19-23-11-7-5-8-12-23)28(34)22-33(25-17-15-24(30)16-18-25)38(36,37)26-13-9-6-10-14-26/h5-18,27H,3-4,19-22H2,1-2H3,(H,31,35)/t27-/m0/s1. The van der Waals surface area contributed by atoms with Gasteiger partial charge in [-0.2, -0.15) is 0 Å². The number of hydrogen-bond acceptors (Lipinski definition) is 4. The number of anilines is 1. The molecule has 3 aromatic carbocycles. The number of amides is 2. The van der Waals surface area contributed by atoms with Crippen molar-refractivity contribution in [1.82, 2.24) is 10.2 Å². The molecule has 3 rings (SSSR count). The number of nitrogens with one attached hydrogen (secondary N) is 1. The number of benzene rings is 3. The summed E-state index contributed by atoms with van der Waals surface area (Å²) in [7, 11) is -4.06. The van der Waals surface area contributed by atoms with Crippen molar-refractivity contribution in [3.63, 3.8) is 0 Å². The van der Waals surface area contributed by atoms with Crippen LogP contribution in [-0.4, -0.2) is 50.8 Å². The van der Waals surface area contributed by atoms with E-state index in [1.165, 1.54) is 17.0 Å². The third-order valence-corrected chi connectivity index (χ3v) is 8.46. The summed E-state index contributed by atoms with van der Waals surface area (Å²) in [5.41, 5.74) is 1.38. The molecule has 38 heavy (non-hydrogen) atoms. The summed E-state index contributed by atoms with van der Waals surface area (Å²) in [5, 5.41) is 2.89. The lowest BCUT2D eigenvalue weighted by Crippen LogP contribution is -2.53. The minimum absolute atomic E-state index is 0.0827. The summed E-state index contributed by atoms with van der Waals surface area (Å²) in [5.74, 6) is -0.682. The highest BCUT2D eigenvalue weighted by Crippen LogP contribution is 2.26. The molecule has 0 heterocycles. The van der Waals surface area contributed by atoms with E-state index in [0.29, 0.717) is 25.1 Å². The largest absolute Gasteiger partial charge is 0.354 e. The summed E-state index contributed by atoms with van der Waals surface area (Å²) < 4.78 is 29.4. The van der Waals surface area contributed by atoms with Gasteiger partial charge in [0.05, 0.1) is 10.6 Å². The van der Waals surface area contributed by atoms with Gasteiger partial charge in [-0.1, -0.05) is 78.3 Å². The highest BCUT2D eigenvalue weighted by atomic mass is 79.9. The molecule has 0 saturated carbocycles. The van der Waals surface area contributed by atoms with E-state index in [0.717, 1.165) is 20.8 Å². The van der Waals surface area contributed by atoms with Crippen molar-refractivity contribution in [3.05, 3.63) is 95.0 Å². The van der Waals surface area contributed by atoms with Gasteiger partial charge in [-0.3, -0.25) is 13.9 Å². The van der Waals surface area contributed by atoms with Crippen LogP contribution >= 0.6 is 15.9 Å². The summed E-state index contributed by atoms with van der Waals surface area (Å²) in [6.45, 7) is 4.16. The van der Waals surface area contributed by atoms with Gasteiger partial charge in [0, 0.05) is 17.6 Å². The molecule has 0 aromatic heterocycles. The van der Waals surface area contributed by atoms with E-state index in [1.54, 1.807) is 42.5 Å². The Morgan fingerprint density at radius 3 is 2.08 bits per heavy atom.